The summed E-state index contributed by atoms with van der Waals surface area (Å²) in [7, 11) is 2.15. The summed E-state index contributed by atoms with van der Waals surface area (Å²) in [6, 6.07) is 5.85. The fourth-order valence-electron chi connectivity index (χ4n) is 3.09. The Morgan fingerprint density at radius 3 is 2.61 bits per heavy atom. The molecule has 0 spiro atoms. The zero-order chi connectivity index (χ0) is 13.1. The molecule has 1 unspecified atom stereocenters. The maximum Gasteiger partial charge on any atom is 0.123 e. The first-order chi connectivity index (χ1) is 8.63. The molecule has 1 fully saturated rings. The van der Waals surface area contributed by atoms with E-state index in [0.29, 0.717) is 12.6 Å². The highest BCUT2D eigenvalue weighted by Gasteiger charge is 2.26. The number of nitrogens with two attached hydrogens (primary N) is 1. The molecule has 2 N–H and O–H groups in total. The lowest BCUT2D eigenvalue weighted by molar-refractivity contribution is 0.179. The number of hydrogen-bond donors (Lipinski definition) is 1. The third kappa shape index (κ3) is 2.73. The van der Waals surface area contributed by atoms with Crippen LogP contribution in [0.3, 0.4) is 0 Å². The van der Waals surface area contributed by atoms with Crippen molar-refractivity contribution in [2.24, 2.45) is 5.73 Å². The normalized spacial score (nSPS) is 18.5. The van der Waals surface area contributed by atoms with Gasteiger partial charge in [-0.15, -0.1) is 0 Å². The average Bonchev–Trinajstić information content (AvgIpc) is 2.86. The van der Waals surface area contributed by atoms with Gasteiger partial charge in [0, 0.05) is 18.6 Å². The number of likely N-dealkylation sites (N-methyl/N-ethyl adjacent to an activating group) is 1. The van der Waals surface area contributed by atoms with Crippen LogP contribution in [0.25, 0.3) is 0 Å². The van der Waals surface area contributed by atoms with Crippen LogP contribution in [0.15, 0.2) is 18.2 Å². The minimum atomic E-state index is -0.171. The first-order valence-corrected chi connectivity index (χ1v) is 6.81. The molecule has 100 valence electrons. The van der Waals surface area contributed by atoms with E-state index in [2.05, 4.69) is 11.9 Å². The highest BCUT2D eigenvalue weighted by Crippen LogP contribution is 2.30. The van der Waals surface area contributed by atoms with E-state index in [1.165, 1.54) is 31.7 Å². The van der Waals surface area contributed by atoms with Crippen LogP contribution in [-0.2, 0) is 0 Å². The summed E-state index contributed by atoms with van der Waals surface area (Å²) in [5.74, 6) is -0.171. The SMILES string of the molecule is Cc1cc(F)ccc1C(CN)N(C)C1CCCC1. The van der Waals surface area contributed by atoms with Crippen molar-refractivity contribution < 1.29 is 4.39 Å². The summed E-state index contributed by atoms with van der Waals surface area (Å²) in [5, 5.41) is 0. The van der Waals surface area contributed by atoms with Crippen LogP contribution in [-0.4, -0.2) is 24.5 Å². The number of aryl methyl sites for hydroxylation is 1. The largest absolute Gasteiger partial charge is 0.329 e. The lowest BCUT2D eigenvalue weighted by Crippen LogP contribution is -2.37. The third-order valence-corrected chi connectivity index (χ3v) is 4.21. The standard InChI is InChI=1S/C15H23FN2/c1-11-9-12(16)7-8-14(11)15(10-17)18(2)13-5-3-4-6-13/h7-9,13,15H,3-6,10,17H2,1-2H3. The first kappa shape index (κ1) is 13.5. The predicted octanol–water partition coefficient (Wildman–Crippen LogP) is 3.01. The number of hydrogen-bond acceptors (Lipinski definition) is 2. The van der Waals surface area contributed by atoms with E-state index < -0.39 is 0 Å². The second-order valence-corrected chi connectivity index (χ2v) is 5.36. The van der Waals surface area contributed by atoms with Crippen LogP contribution in [0.2, 0.25) is 0 Å². The number of nitrogens with zero attached hydrogens (tertiary/aromatic N) is 1. The molecule has 1 saturated carbocycles. The van der Waals surface area contributed by atoms with Crippen molar-refractivity contribution >= 4 is 0 Å². The van der Waals surface area contributed by atoms with E-state index in [1.54, 1.807) is 6.07 Å². The van der Waals surface area contributed by atoms with Crippen molar-refractivity contribution in [3.8, 4) is 0 Å². The average molecular weight is 250 g/mol. The zero-order valence-corrected chi connectivity index (χ0v) is 11.3. The monoisotopic (exact) mass is 250 g/mol. The molecule has 0 aromatic heterocycles. The van der Waals surface area contributed by atoms with Crippen molar-refractivity contribution in [3.05, 3.63) is 35.1 Å². The highest BCUT2D eigenvalue weighted by atomic mass is 19.1. The summed E-state index contributed by atoms with van der Waals surface area (Å²) < 4.78 is 13.2. The molecule has 2 nitrogen and oxygen atoms in total. The first-order valence-electron chi connectivity index (χ1n) is 6.81. The van der Waals surface area contributed by atoms with Crippen LogP contribution >= 0.6 is 0 Å². The van der Waals surface area contributed by atoms with Crippen molar-refractivity contribution in [1.29, 1.82) is 0 Å². The summed E-state index contributed by atoms with van der Waals surface area (Å²) in [5.41, 5.74) is 8.10. The predicted molar refractivity (Wildman–Crippen MR) is 73.0 cm³/mol. The Labute approximate surface area is 109 Å². The number of benzene rings is 1. The van der Waals surface area contributed by atoms with E-state index in [0.717, 1.165) is 11.1 Å². The minimum Gasteiger partial charge on any atom is -0.329 e. The van der Waals surface area contributed by atoms with E-state index >= 15 is 0 Å². The molecule has 0 amide bonds. The molecular formula is C15H23FN2. The molecule has 0 saturated heterocycles. The summed E-state index contributed by atoms with van der Waals surface area (Å²) in [6.45, 7) is 2.54. The Balaban J connectivity index is 2.21. The van der Waals surface area contributed by atoms with E-state index in [4.69, 9.17) is 5.73 Å². The molecule has 1 aromatic carbocycles. The fourth-order valence-corrected chi connectivity index (χ4v) is 3.09. The minimum absolute atomic E-state index is 0.171. The second kappa shape index (κ2) is 5.81. The Kier molecular flexibility index (Phi) is 4.36. The molecule has 0 radical (unpaired) electrons. The Morgan fingerprint density at radius 1 is 1.39 bits per heavy atom. The van der Waals surface area contributed by atoms with Gasteiger partial charge in [0.1, 0.15) is 5.82 Å². The third-order valence-electron chi connectivity index (χ3n) is 4.21. The maximum absolute atomic E-state index is 13.2. The van der Waals surface area contributed by atoms with Gasteiger partial charge in [0.2, 0.25) is 0 Å². The van der Waals surface area contributed by atoms with Gasteiger partial charge in [-0.1, -0.05) is 18.9 Å². The summed E-state index contributed by atoms with van der Waals surface area (Å²) >= 11 is 0. The van der Waals surface area contributed by atoms with Crippen molar-refractivity contribution in [1.82, 2.24) is 4.90 Å². The molecule has 1 aliphatic rings. The molecule has 1 aliphatic carbocycles. The fraction of sp³-hybridized carbons (Fsp3) is 0.600. The van der Waals surface area contributed by atoms with Crippen LogP contribution in [0, 0.1) is 12.7 Å². The summed E-state index contributed by atoms with van der Waals surface area (Å²) in [6.07, 6.45) is 5.14. The van der Waals surface area contributed by atoms with Crippen molar-refractivity contribution in [2.75, 3.05) is 13.6 Å². The van der Waals surface area contributed by atoms with Gasteiger partial charge in [-0.25, -0.2) is 4.39 Å². The quantitative estimate of drug-likeness (QED) is 0.890. The van der Waals surface area contributed by atoms with Gasteiger partial charge in [-0.05, 0) is 50.1 Å². The summed E-state index contributed by atoms with van der Waals surface area (Å²) in [4.78, 5) is 2.38. The van der Waals surface area contributed by atoms with E-state index in [9.17, 15) is 4.39 Å². The molecule has 0 bridgehead atoms. The van der Waals surface area contributed by atoms with Gasteiger partial charge < -0.3 is 5.73 Å². The van der Waals surface area contributed by atoms with E-state index in [-0.39, 0.29) is 11.9 Å². The smallest absolute Gasteiger partial charge is 0.123 e. The van der Waals surface area contributed by atoms with Gasteiger partial charge >= 0.3 is 0 Å². The lowest BCUT2D eigenvalue weighted by atomic mass is 9.98. The van der Waals surface area contributed by atoms with Gasteiger partial charge in [-0.3, -0.25) is 4.90 Å². The maximum atomic E-state index is 13.2. The zero-order valence-electron chi connectivity index (χ0n) is 11.3. The highest BCUT2D eigenvalue weighted by molar-refractivity contribution is 5.30. The molecule has 2 rings (SSSR count). The van der Waals surface area contributed by atoms with Crippen LogP contribution < -0.4 is 5.73 Å². The molecule has 0 aliphatic heterocycles. The van der Waals surface area contributed by atoms with Gasteiger partial charge in [0.15, 0.2) is 0 Å². The van der Waals surface area contributed by atoms with Gasteiger partial charge in [0.25, 0.3) is 0 Å². The molecular weight excluding hydrogens is 227 g/mol. The topological polar surface area (TPSA) is 29.3 Å². The van der Waals surface area contributed by atoms with Gasteiger partial charge in [0.05, 0.1) is 0 Å². The number of rotatable bonds is 4. The number of halogens is 1. The lowest BCUT2D eigenvalue weighted by Gasteiger charge is -2.33. The Hall–Kier alpha value is -0.930. The Morgan fingerprint density at radius 2 is 2.06 bits per heavy atom. The van der Waals surface area contributed by atoms with Crippen LogP contribution in [0.5, 0.6) is 0 Å². The van der Waals surface area contributed by atoms with Gasteiger partial charge in [-0.2, -0.15) is 0 Å². The van der Waals surface area contributed by atoms with Crippen molar-refractivity contribution in [3.63, 3.8) is 0 Å². The molecule has 1 atom stereocenters. The second-order valence-electron chi connectivity index (χ2n) is 5.36. The van der Waals surface area contributed by atoms with E-state index in [1.807, 2.05) is 13.0 Å². The molecule has 3 heteroatoms. The van der Waals surface area contributed by atoms with Crippen LogP contribution in [0.4, 0.5) is 4.39 Å². The molecule has 18 heavy (non-hydrogen) atoms. The van der Waals surface area contributed by atoms with Crippen molar-refractivity contribution in [2.45, 2.75) is 44.7 Å². The molecule has 1 aromatic rings. The Bertz CT molecular complexity index is 399. The molecule has 0 heterocycles. The van der Waals surface area contributed by atoms with Crippen LogP contribution in [0.1, 0.15) is 42.9 Å².